The van der Waals surface area contributed by atoms with Gasteiger partial charge in [-0.15, -0.1) is 5.10 Å². The van der Waals surface area contributed by atoms with Crippen LogP contribution in [0.4, 0.5) is 0 Å². The van der Waals surface area contributed by atoms with Gasteiger partial charge in [0.25, 0.3) is 5.56 Å². The van der Waals surface area contributed by atoms with Gasteiger partial charge in [-0.05, 0) is 19.8 Å². The number of hydrogen-bond donors (Lipinski definition) is 0. The van der Waals surface area contributed by atoms with Crippen LogP contribution in [0, 0.1) is 6.92 Å². The quantitative estimate of drug-likeness (QED) is 0.735. The second-order valence-electron chi connectivity index (χ2n) is 5.05. The Morgan fingerprint density at radius 2 is 2.00 bits per heavy atom. The molecule has 3 heterocycles. The van der Waals surface area contributed by atoms with Crippen molar-refractivity contribution in [2.24, 2.45) is 7.05 Å². The molecule has 0 saturated carbocycles. The molecule has 0 spiro atoms. The molecular formula is C12H16N6O2. The summed E-state index contributed by atoms with van der Waals surface area (Å²) in [6.07, 6.45) is 2.04. The zero-order valence-corrected chi connectivity index (χ0v) is 11.5. The molecule has 1 aliphatic rings. The third-order valence-corrected chi connectivity index (χ3v) is 3.62. The van der Waals surface area contributed by atoms with Crippen molar-refractivity contribution in [3.63, 3.8) is 0 Å². The Bertz CT molecular complexity index is 725. The minimum Gasteiger partial charge on any atom is -0.341 e. The van der Waals surface area contributed by atoms with Crippen molar-refractivity contribution >= 4 is 16.9 Å². The fourth-order valence-electron chi connectivity index (χ4n) is 2.57. The minimum absolute atomic E-state index is 0.0635. The SMILES string of the molecule is Cc1nn(C)c2c(=O)n(CC(=O)N3CCCC3)nnc12. The number of aromatic nitrogens is 5. The van der Waals surface area contributed by atoms with Crippen LogP contribution in [0.5, 0.6) is 0 Å². The highest BCUT2D eigenvalue weighted by molar-refractivity contribution is 5.78. The van der Waals surface area contributed by atoms with Crippen molar-refractivity contribution in [3.05, 3.63) is 16.0 Å². The van der Waals surface area contributed by atoms with Gasteiger partial charge in [0.2, 0.25) is 5.91 Å². The molecule has 0 N–H and O–H groups in total. The Balaban J connectivity index is 1.96. The van der Waals surface area contributed by atoms with Gasteiger partial charge in [0.15, 0.2) is 5.52 Å². The molecule has 1 amide bonds. The number of fused-ring (bicyclic) bond motifs is 1. The molecule has 0 aliphatic carbocycles. The predicted octanol–water partition coefficient (Wildman–Crippen LogP) is -0.544. The highest BCUT2D eigenvalue weighted by Gasteiger charge is 2.20. The summed E-state index contributed by atoms with van der Waals surface area (Å²) in [6, 6.07) is 0. The number of rotatable bonds is 2. The number of carbonyl (C=O) groups excluding carboxylic acids is 1. The molecule has 1 fully saturated rings. The van der Waals surface area contributed by atoms with E-state index in [1.54, 1.807) is 18.9 Å². The molecule has 0 radical (unpaired) electrons. The molecule has 8 nitrogen and oxygen atoms in total. The van der Waals surface area contributed by atoms with Gasteiger partial charge in [-0.25, -0.2) is 0 Å². The van der Waals surface area contributed by atoms with Crippen LogP contribution in [0.1, 0.15) is 18.5 Å². The second-order valence-corrected chi connectivity index (χ2v) is 5.05. The first-order valence-corrected chi connectivity index (χ1v) is 6.63. The van der Waals surface area contributed by atoms with Crippen molar-refractivity contribution in [1.82, 2.24) is 29.7 Å². The molecular weight excluding hydrogens is 260 g/mol. The molecule has 0 aromatic carbocycles. The maximum Gasteiger partial charge on any atom is 0.296 e. The highest BCUT2D eigenvalue weighted by atomic mass is 16.2. The molecule has 0 unspecified atom stereocenters. The molecule has 20 heavy (non-hydrogen) atoms. The second kappa shape index (κ2) is 4.69. The van der Waals surface area contributed by atoms with E-state index in [4.69, 9.17) is 0 Å². The lowest BCUT2D eigenvalue weighted by atomic mass is 10.4. The summed E-state index contributed by atoms with van der Waals surface area (Å²) in [4.78, 5) is 26.2. The van der Waals surface area contributed by atoms with E-state index in [1.165, 1.54) is 4.68 Å². The van der Waals surface area contributed by atoms with Crippen LogP contribution in [0.15, 0.2) is 4.79 Å². The Kier molecular flexibility index (Phi) is 3.00. The normalized spacial score (nSPS) is 15.2. The van der Waals surface area contributed by atoms with Crippen LogP contribution in [0.25, 0.3) is 11.0 Å². The van der Waals surface area contributed by atoms with Crippen molar-refractivity contribution < 1.29 is 4.79 Å². The van der Waals surface area contributed by atoms with Crippen molar-refractivity contribution in [2.75, 3.05) is 13.1 Å². The Morgan fingerprint density at radius 3 is 2.70 bits per heavy atom. The molecule has 106 valence electrons. The summed E-state index contributed by atoms with van der Waals surface area (Å²) in [5.41, 5.74) is 1.20. The fraction of sp³-hybridized carbons (Fsp3) is 0.583. The summed E-state index contributed by atoms with van der Waals surface area (Å²) in [7, 11) is 1.69. The summed E-state index contributed by atoms with van der Waals surface area (Å²) < 4.78 is 2.60. The summed E-state index contributed by atoms with van der Waals surface area (Å²) >= 11 is 0. The molecule has 0 atom stereocenters. The number of nitrogens with zero attached hydrogens (tertiary/aromatic N) is 6. The van der Waals surface area contributed by atoms with Gasteiger partial charge in [0, 0.05) is 20.1 Å². The van der Waals surface area contributed by atoms with E-state index in [-0.39, 0.29) is 18.0 Å². The summed E-state index contributed by atoms with van der Waals surface area (Å²) in [5.74, 6) is -0.0860. The Labute approximate surface area is 115 Å². The van der Waals surface area contributed by atoms with Crippen LogP contribution >= 0.6 is 0 Å². The number of amides is 1. The molecule has 3 rings (SSSR count). The summed E-state index contributed by atoms with van der Waals surface area (Å²) in [6.45, 7) is 3.23. The monoisotopic (exact) mass is 276 g/mol. The lowest BCUT2D eigenvalue weighted by Crippen LogP contribution is -2.36. The molecule has 0 bridgehead atoms. The standard InChI is InChI=1S/C12H16N6O2/c1-8-10-11(16(2)14-8)12(20)18(15-13-10)7-9(19)17-5-3-4-6-17/h3-7H2,1-2H3. The van der Waals surface area contributed by atoms with Gasteiger partial charge in [-0.2, -0.15) is 9.78 Å². The van der Waals surface area contributed by atoms with Gasteiger partial charge < -0.3 is 4.90 Å². The van der Waals surface area contributed by atoms with Crippen LogP contribution in [-0.4, -0.2) is 48.7 Å². The maximum absolute atomic E-state index is 12.3. The first kappa shape index (κ1) is 12.8. The van der Waals surface area contributed by atoms with E-state index < -0.39 is 0 Å². The smallest absolute Gasteiger partial charge is 0.296 e. The average molecular weight is 276 g/mol. The van der Waals surface area contributed by atoms with Crippen LogP contribution in [-0.2, 0) is 18.4 Å². The van der Waals surface area contributed by atoms with Gasteiger partial charge in [0.1, 0.15) is 12.1 Å². The van der Waals surface area contributed by atoms with Crippen molar-refractivity contribution in [1.29, 1.82) is 0 Å². The number of aryl methyl sites for hydroxylation is 2. The molecule has 8 heteroatoms. The van der Waals surface area contributed by atoms with Gasteiger partial charge in [-0.3, -0.25) is 14.3 Å². The predicted molar refractivity (Wildman–Crippen MR) is 71.1 cm³/mol. The van der Waals surface area contributed by atoms with E-state index >= 15 is 0 Å². The Hall–Kier alpha value is -2.25. The Morgan fingerprint density at radius 1 is 1.30 bits per heavy atom. The van der Waals surface area contributed by atoms with E-state index in [0.717, 1.165) is 30.6 Å². The lowest BCUT2D eigenvalue weighted by molar-refractivity contribution is -0.131. The summed E-state index contributed by atoms with van der Waals surface area (Å²) in [5, 5.41) is 12.0. The topological polar surface area (TPSA) is 85.9 Å². The maximum atomic E-state index is 12.3. The zero-order valence-electron chi connectivity index (χ0n) is 11.5. The number of hydrogen-bond acceptors (Lipinski definition) is 5. The molecule has 1 aliphatic heterocycles. The van der Waals surface area contributed by atoms with E-state index in [1.807, 2.05) is 0 Å². The number of carbonyl (C=O) groups is 1. The van der Waals surface area contributed by atoms with Crippen molar-refractivity contribution in [2.45, 2.75) is 26.3 Å². The van der Waals surface area contributed by atoms with Gasteiger partial charge >= 0.3 is 0 Å². The third-order valence-electron chi connectivity index (χ3n) is 3.62. The van der Waals surface area contributed by atoms with Gasteiger partial charge in [-0.1, -0.05) is 5.21 Å². The molecule has 1 saturated heterocycles. The average Bonchev–Trinajstić information content (AvgIpc) is 3.02. The van der Waals surface area contributed by atoms with Crippen LogP contribution < -0.4 is 5.56 Å². The van der Waals surface area contributed by atoms with Gasteiger partial charge in [0.05, 0.1) is 5.69 Å². The number of likely N-dealkylation sites (tertiary alicyclic amines) is 1. The van der Waals surface area contributed by atoms with Crippen LogP contribution in [0.2, 0.25) is 0 Å². The van der Waals surface area contributed by atoms with E-state index in [2.05, 4.69) is 15.4 Å². The first-order chi connectivity index (χ1) is 9.58. The third kappa shape index (κ3) is 1.97. The zero-order chi connectivity index (χ0) is 14.3. The minimum atomic E-state index is -0.328. The highest BCUT2D eigenvalue weighted by Crippen LogP contribution is 2.10. The van der Waals surface area contributed by atoms with E-state index in [9.17, 15) is 9.59 Å². The largest absolute Gasteiger partial charge is 0.341 e. The lowest BCUT2D eigenvalue weighted by Gasteiger charge is -2.14. The fourth-order valence-corrected chi connectivity index (χ4v) is 2.57. The van der Waals surface area contributed by atoms with E-state index in [0.29, 0.717) is 16.7 Å². The van der Waals surface area contributed by atoms with Crippen LogP contribution in [0.3, 0.4) is 0 Å². The van der Waals surface area contributed by atoms with Crippen molar-refractivity contribution in [3.8, 4) is 0 Å². The first-order valence-electron chi connectivity index (χ1n) is 6.63. The molecule has 2 aromatic heterocycles. The molecule has 2 aromatic rings.